The molecule has 0 radical (unpaired) electrons. The van der Waals surface area contributed by atoms with E-state index < -0.39 is 0 Å². The zero-order valence-electron chi connectivity index (χ0n) is 13.4. The molecule has 0 saturated heterocycles. The van der Waals surface area contributed by atoms with Crippen LogP contribution in [0.3, 0.4) is 0 Å². The lowest BCUT2D eigenvalue weighted by Crippen LogP contribution is -2.03. The molecule has 0 saturated carbocycles. The molecule has 0 amide bonds. The minimum atomic E-state index is 0.636. The summed E-state index contributed by atoms with van der Waals surface area (Å²) in [6, 6.07) is 15.7. The maximum absolute atomic E-state index is 6.32. The molecule has 0 bridgehead atoms. The predicted octanol–water partition coefficient (Wildman–Crippen LogP) is 4.94. The molecule has 0 N–H and O–H groups in total. The monoisotopic (exact) mass is 336 g/mol. The number of para-hydroxylation sites is 1. The molecule has 0 atom stereocenters. The summed E-state index contributed by atoms with van der Waals surface area (Å²) >= 11 is 6.32. The number of aryl methyl sites for hydroxylation is 1. The van der Waals surface area contributed by atoms with Crippen LogP contribution in [0.2, 0.25) is 5.02 Å². The van der Waals surface area contributed by atoms with E-state index in [4.69, 9.17) is 26.7 Å². The van der Waals surface area contributed by atoms with Gasteiger partial charge >= 0.3 is 0 Å². The Balaban J connectivity index is 1.99. The van der Waals surface area contributed by atoms with Gasteiger partial charge in [0.15, 0.2) is 11.5 Å². The van der Waals surface area contributed by atoms with Crippen molar-refractivity contribution in [2.75, 3.05) is 0 Å². The lowest BCUT2D eigenvalue weighted by Gasteiger charge is -2.05. The first-order chi connectivity index (χ1) is 11.8. The Labute approximate surface area is 145 Å². The van der Waals surface area contributed by atoms with E-state index in [1.165, 1.54) is 0 Å². The molecule has 2 aromatic heterocycles. The molecular weight excluding hydrogens is 320 g/mol. The number of unbranched alkanes of at least 4 members (excludes halogenated alkanes) is 1. The minimum absolute atomic E-state index is 0.636. The molecule has 2 aromatic carbocycles. The third-order valence-electron chi connectivity index (χ3n) is 4.11. The summed E-state index contributed by atoms with van der Waals surface area (Å²) in [7, 11) is 0. The SMILES string of the molecule is CCCCc1nc2ccccc2c2nc(-c3ccccc3Cl)nn12. The van der Waals surface area contributed by atoms with Gasteiger partial charge in [0.05, 0.1) is 10.5 Å². The third-order valence-corrected chi connectivity index (χ3v) is 4.44. The molecule has 4 nitrogen and oxygen atoms in total. The Kier molecular flexibility index (Phi) is 3.90. The fourth-order valence-corrected chi connectivity index (χ4v) is 3.09. The molecule has 0 fully saturated rings. The van der Waals surface area contributed by atoms with E-state index in [2.05, 4.69) is 6.92 Å². The van der Waals surface area contributed by atoms with Gasteiger partial charge < -0.3 is 0 Å². The molecule has 24 heavy (non-hydrogen) atoms. The molecule has 0 aliphatic heterocycles. The molecule has 120 valence electrons. The number of aromatic nitrogens is 4. The number of fused-ring (bicyclic) bond motifs is 3. The number of nitrogens with zero attached hydrogens (tertiary/aromatic N) is 4. The average molecular weight is 337 g/mol. The van der Waals surface area contributed by atoms with Crippen LogP contribution in [0.15, 0.2) is 48.5 Å². The van der Waals surface area contributed by atoms with Gasteiger partial charge in [-0.1, -0.05) is 49.2 Å². The maximum Gasteiger partial charge on any atom is 0.183 e. The van der Waals surface area contributed by atoms with E-state index in [0.29, 0.717) is 10.8 Å². The molecule has 0 spiro atoms. The Morgan fingerprint density at radius 2 is 1.79 bits per heavy atom. The Bertz CT molecular complexity index is 1020. The van der Waals surface area contributed by atoms with Gasteiger partial charge in [0.1, 0.15) is 5.82 Å². The van der Waals surface area contributed by atoms with Crippen LogP contribution in [-0.4, -0.2) is 19.6 Å². The normalized spacial score (nSPS) is 11.4. The number of rotatable bonds is 4. The minimum Gasteiger partial charge on any atom is -0.233 e. The highest BCUT2D eigenvalue weighted by molar-refractivity contribution is 6.33. The van der Waals surface area contributed by atoms with Crippen LogP contribution in [0.1, 0.15) is 25.6 Å². The zero-order valence-corrected chi connectivity index (χ0v) is 14.2. The van der Waals surface area contributed by atoms with Crippen molar-refractivity contribution in [1.82, 2.24) is 19.6 Å². The Morgan fingerprint density at radius 3 is 2.62 bits per heavy atom. The molecule has 4 rings (SSSR count). The summed E-state index contributed by atoms with van der Waals surface area (Å²) in [6.07, 6.45) is 3.06. The summed E-state index contributed by atoms with van der Waals surface area (Å²) in [6.45, 7) is 2.18. The number of halogens is 1. The summed E-state index contributed by atoms with van der Waals surface area (Å²) in [5.41, 5.74) is 2.63. The lowest BCUT2D eigenvalue weighted by molar-refractivity contribution is 0.720. The van der Waals surface area contributed by atoms with Crippen LogP contribution in [0, 0.1) is 0 Å². The van der Waals surface area contributed by atoms with Crippen LogP contribution in [0.25, 0.3) is 27.9 Å². The van der Waals surface area contributed by atoms with Crippen LogP contribution in [0.4, 0.5) is 0 Å². The van der Waals surface area contributed by atoms with Gasteiger partial charge in [-0.15, -0.1) is 5.10 Å². The molecule has 2 heterocycles. The summed E-state index contributed by atoms with van der Waals surface area (Å²) in [5.74, 6) is 1.58. The highest BCUT2D eigenvalue weighted by Crippen LogP contribution is 2.27. The van der Waals surface area contributed by atoms with E-state index >= 15 is 0 Å². The first-order valence-electron chi connectivity index (χ1n) is 8.17. The van der Waals surface area contributed by atoms with Crippen molar-refractivity contribution < 1.29 is 0 Å². The van der Waals surface area contributed by atoms with Gasteiger partial charge in [-0.05, 0) is 30.7 Å². The first kappa shape index (κ1) is 15.1. The Morgan fingerprint density at radius 1 is 1.00 bits per heavy atom. The van der Waals surface area contributed by atoms with Crippen LogP contribution < -0.4 is 0 Å². The van der Waals surface area contributed by atoms with E-state index in [0.717, 1.165) is 47.2 Å². The van der Waals surface area contributed by atoms with Crippen molar-refractivity contribution in [3.63, 3.8) is 0 Å². The average Bonchev–Trinajstić information content (AvgIpc) is 3.05. The topological polar surface area (TPSA) is 43.1 Å². The van der Waals surface area contributed by atoms with Crippen molar-refractivity contribution in [2.24, 2.45) is 0 Å². The van der Waals surface area contributed by atoms with Crippen molar-refractivity contribution >= 4 is 28.2 Å². The standard InChI is InChI=1S/C19H17ClN4/c1-2-3-12-17-21-16-11-7-5-9-14(16)19-22-18(23-24(17)19)13-8-4-6-10-15(13)20/h4-11H,2-3,12H2,1H3. The number of benzene rings is 2. The summed E-state index contributed by atoms with van der Waals surface area (Å²) < 4.78 is 1.87. The smallest absolute Gasteiger partial charge is 0.183 e. The van der Waals surface area contributed by atoms with Crippen molar-refractivity contribution in [2.45, 2.75) is 26.2 Å². The van der Waals surface area contributed by atoms with E-state index in [1.54, 1.807) is 0 Å². The molecule has 0 aliphatic rings. The van der Waals surface area contributed by atoms with Gasteiger partial charge in [0.2, 0.25) is 0 Å². The second-order valence-corrected chi connectivity index (χ2v) is 6.21. The van der Waals surface area contributed by atoms with Gasteiger partial charge in [0.25, 0.3) is 0 Å². The number of hydrogen-bond donors (Lipinski definition) is 0. The van der Waals surface area contributed by atoms with E-state index in [9.17, 15) is 0 Å². The van der Waals surface area contributed by atoms with Gasteiger partial charge in [-0.25, -0.2) is 9.97 Å². The van der Waals surface area contributed by atoms with Gasteiger partial charge in [-0.2, -0.15) is 4.52 Å². The van der Waals surface area contributed by atoms with Crippen molar-refractivity contribution in [3.8, 4) is 11.4 Å². The largest absolute Gasteiger partial charge is 0.233 e. The van der Waals surface area contributed by atoms with Crippen LogP contribution in [0.5, 0.6) is 0 Å². The van der Waals surface area contributed by atoms with Gasteiger partial charge in [-0.3, -0.25) is 0 Å². The predicted molar refractivity (Wildman–Crippen MR) is 97.3 cm³/mol. The summed E-state index contributed by atoms with van der Waals surface area (Å²) in [5, 5.41) is 6.36. The van der Waals surface area contributed by atoms with Crippen molar-refractivity contribution in [1.29, 1.82) is 0 Å². The molecular formula is C19H17ClN4. The molecule has 0 unspecified atom stereocenters. The van der Waals surface area contributed by atoms with Gasteiger partial charge in [0, 0.05) is 17.4 Å². The highest BCUT2D eigenvalue weighted by Gasteiger charge is 2.15. The summed E-state index contributed by atoms with van der Waals surface area (Å²) in [4.78, 5) is 9.57. The lowest BCUT2D eigenvalue weighted by atomic mass is 10.2. The highest BCUT2D eigenvalue weighted by atomic mass is 35.5. The molecule has 0 aliphatic carbocycles. The quantitative estimate of drug-likeness (QED) is 0.530. The number of hydrogen-bond acceptors (Lipinski definition) is 3. The molecule has 5 heteroatoms. The maximum atomic E-state index is 6.32. The molecule has 4 aromatic rings. The van der Waals surface area contributed by atoms with E-state index in [1.807, 2.05) is 53.0 Å². The zero-order chi connectivity index (χ0) is 16.5. The third kappa shape index (κ3) is 2.53. The fraction of sp³-hybridized carbons (Fsp3) is 0.211. The second-order valence-electron chi connectivity index (χ2n) is 5.80. The van der Waals surface area contributed by atoms with Crippen LogP contribution in [-0.2, 0) is 6.42 Å². The first-order valence-corrected chi connectivity index (χ1v) is 8.55. The Hall–Kier alpha value is -2.46. The van der Waals surface area contributed by atoms with Crippen molar-refractivity contribution in [3.05, 3.63) is 59.4 Å². The second kappa shape index (κ2) is 6.21. The van der Waals surface area contributed by atoms with E-state index in [-0.39, 0.29) is 0 Å². The van der Waals surface area contributed by atoms with Crippen LogP contribution >= 0.6 is 11.6 Å². The fourth-order valence-electron chi connectivity index (χ4n) is 2.87.